The Kier molecular flexibility index (Phi) is 2.70. The average Bonchev–Trinajstić information content (AvgIpc) is 2.69. The van der Waals surface area contributed by atoms with E-state index in [2.05, 4.69) is 10.3 Å². The standard InChI is InChI=1S/C12H12FN3O3/c1-19-7-2-6(3-7)16-11-4-8(12(17)18)9(13)5-10(11)14-15-16/h4-7H,2-3H2,1H3,(H,17,18). The van der Waals surface area contributed by atoms with E-state index in [1.54, 1.807) is 11.8 Å². The van der Waals surface area contributed by atoms with E-state index in [1.807, 2.05) is 0 Å². The number of methoxy groups -OCH3 is 1. The number of nitrogens with zero attached hydrogens (tertiary/aromatic N) is 3. The summed E-state index contributed by atoms with van der Waals surface area (Å²) in [4.78, 5) is 10.9. The summed E-state index contributed by atoms with van der Waals surface area (Å²) in [7, 11) is 1.65. The largest absolute Gasteiger partial charge is 0.478 e. The van der Waals surface area contributed by atoms with E-state index in [0.717, 1.165) is 18.9 Å². The third-order valence-electron chi connectivity index (χ3n) is 3.54. The molecule has 100 valence electrons. The van der Waals surface area contributed by atoms with Gasteiger partial charge in [-0.3, -0.25) is 0 Å². The minimum Gasteiger partial charge on any atom is -0.478 e. The van der Waals surface area contributed by atoms with E-state index < -0.39 is 11.8 Å². The second-order valence-corrected chi connectivity index (χ2v) is 4.64. The van der Waals surface area contributed by atoms with Crippen molar-refractivity contribution in [3.8, 4) is 0 Å². The molecule has 1 heterocycles. The van der Waals surface area contributed by atoms with E-state index in [4.69, 9.17) is 9.84 Å². The van der Waals surface area contributed by atoms with Crippen molar-refractivity contribution < 1.29 is 19.0 Å². The smallest absolute Gasteiger partial charge is 0.338 e. The summed E-state index contributed by atoms with van der Waals surface area (Å²) in [5, 5.41) is 16.8. The third kappa shape index (κ3) is 1.86. The van der Waals surface area contributed by atoms with E-state index in [9.17, 15) is 9.18 Å². The van der Waals surface area contributed by atoms with Crippen LogP contribution < -0.4 is 0 Å². The van der Waals surface area contributed by atoms with Crippen molar-refractivity contribution in [2.45, 2.75) is 25.0 Å². The lowest BCUT2D eigenvalue weighted by Gasteiger charge is -2.34. The summed E-state index contributed by atoms with van der Waals surface area (Å²) in [6.07, 6.45) is 1.80. The minimum absolute atomic E-state index is 0.127. The van der Waals surface area contributed by atoms with Gasteiger partial charge < -0.3 is 9.84 Å². The number of fused-ring (bicyclic) bond motifs is 1. The van der Waals surface area contributed by atoms with Crippen LogP contribution in [0.4, 0.5) is 4.39 Å². The molecule has 6 nitrogen and oxygen atoms in total. The Morgan fingerprint density at radius 2 is 2.26 bits per heavy atom. The summed E-state index contributed by atoms with van der Waals surface area (Å²) >= 11 is 0. The number of hydrogen-bond acceptors (Lipinski definition) is 4. The number of ether oxygens (including phenoxy) is 1. The van der Waals surface area contributed by atoms with Crippen LogP contribution in [-0.2, 0) is 4.74 Å². The van der Waals surface area contributed by atoms with Crippen LogP contribution in [0, 0.1) is 5.82 Å². The molecule has 3 rings (SSSR count). The van der Waals surface area contributed by atoms with E-state index in [-0.39, 0.29) is 17.7 Å². The molecule has 0 amide bonds. The van der Waals surface area contributed by atoms with Crippen LogP contribution >= 0.6 is 0 Å². The second kappa shape index (κ2) is 4.27. The van der Waals surface area contributed by atoms with Gasteiger partial charge in [-0.05, 0) is 18.9 Å². The Balaban J connectivity index is 2.02. The van der Waals surface area contributed by atoms with Gasteiger partial charge in [-0.2, -0.15) is 0 Å². The third-order valence-corrected chi connectivity index (χ3v) is 3.54. The molecule has 1 aromatic carbocycles. The molecule has 1 aliphatic carbocycles. The van der Waals surface area contributed by atoms with Crippen LogP contribution in [0.5, 0.6) is 0 Å². The van der Waals surface area contributed by atoms with Crippen molar-refractivity contribution in [3.63, 3.8) is 0 Å². The molecule has 1 fully saturated rings. The monoisotopic (exact) mass is 265 g/mol. The van der Waals surface area contributed by atoms with Gasteiger partial charge in [0.15, 0.2) is 0 Å². The minimum atomic E-state index is -1.30. The maximum Gasteiger partial charge on any atom is 0.338 e. The molecule has 0 radical (unpaired) electrons. The van der Waals surface area contributed by atoms with Gasteiger partial charge in [-0.25, -0.2) is 13.9 Å². The fourth-order valence-corrected chi connectivity index (χ4v) is 2.32. The molecule has 0 aliphatic heterocycles. The lowest BCUT2D eigenvalue weighted by atomic mass is 9.89. The Bertz CT molecular complexity index is 649. The first-order valence-corrected chi connectivity index (χ1v) is 5.90. The summed E-state index contributed by atoms with van der Waals surface area (Å²) in [6, 6.07) is 2.52. The van der Waals surface area contributed by atoms with Crippen molar-refractivity contribution in [3.05, 3.63) is 23.5 Å². The highest BCUT2D eigenvalue weighted by molar-refractivity contribution is 5.92. The molecule has 0 bridgehead atoms. The van der Waals surface area contributed by atoms with Crippen LogP contribution in [0.2, 0.25) is 0 Å². The highest BCUT2D eigenvalue weighted by Crippen LogP contribution is 2.35. The summed E-state index contributed by atoms with van der Waals surface area (Å²) in [5.74, 6) is -2.09. The van der Waals surface area contributed by atoms with Crippen molar-refractivity contribution in [2.24, 2.45) is 0 Å². The molecule has 19 heavy (non-hydrogen) atoms. The maximum atomic E-state index is 13.5. The highest BCUT2D eigenvalue weighted by atomic mass is 19.1. The molecule has 1 aromatic heterocycles. The van der Waals surface area contributed by atoms with Crippen LogP contribution in [0.15, 0.2) is 12.1 Å². The number of aromatic carboxylic acids is 1. The molecule has 0 saturated heterocycles. The van der Waals surface area contributed by atoms with Gasteiger partial charge in [0.1, 0.15) is 11.3 Å². The van der Waals surface area contributed by atoms with Crippen LogP contribution in [0.1, 0.15) is 29.2 Å². The Morgan fingerprint density at radius 3 is 2.89 bits per heavy atom. The zero-order valence-electron chi connectivity index (χ0n) is 10.2. The van der Waals surface area contributed by atoms with Crippen molar-refractivity contribution in [1.29, 1.82) is 0 Å². The number of carboxylic acid groups (broad SMARTS) is 1. The highest BCUT2D eigenvalue weighted by Gasteiger charge is 2.32. The van der Waals surface area contributed by atoms with Crippen molar-refractivity contribution in [2.75, 3.05) is 7.11 Å². The summed E-state index contributed by atoms with van der Waals surface area (Å²) in [5.41, 5.74) is 0.542. The zero-order valence-corrected chi connectivity index (χ0v) is 10.2. The SMILES string of the molecule is COC1CC(n2nnc3cc(F)c(C(=O)O)cc32)C1. The van der Waals surface area contributed by atoms with Gasteiger partial charge in [0.05, 0.1) is 23.2 Å². The number of aromatic nitrogens is 3. The number of hydrogen-bond donors (Lipinski definition) is 1. The second-order valence-electron chi connectivity index (χ2n) is 4.64. The van der Waals surface area contributed by atoms with Crippen LogP contribution in [0.3, 0.4) is 0 Å². The summed E-state index contributed by atoms with van der Waals surface area (Å²) < 4.78 is 20.4. The average molecular weight is 265 g/mol. The molecule has 1 aliphatic rings. The summed E-state index contributed by atoms with van der Waals surface area (Å²) in [6.45, 7) is 0. The molecule has 0 atom stereocenters. The van der Waals surface area contributed by atoms with Crippen LogP contribution in [-0.4, -0.2) is 39.3 Å². The molecular formula is C12H12FN3O3. The fourth-order valence-electron chi connectivity index (χ4n) is 2.32. The molecule has 2 aromatic rings. The van der Waals surface area contributed by atoms with Gasteiger partial charge in [-0.1, -0.05) is 5.21 Å². The van der Waals surface area contributed by atoms with Gasteiger partial charge in [0, 0.05) is 13.2 Å². The maximum absolute atomic E-state index is 13.5. The van der Waals surface area contributed by atoms with Gasteiger partial charge in [0.2, 0.25) is 0 Å². The van der Waals surface area contributed by atoms with E-state index in [0.29, 0.717) is 11.0 Å². The van der Waals surface area contributed by atoms with Gasteiger partial charge >= 0.3 is 5.97 Å². The lowest BCUT2D eigenvalue weighted by Crippen LogP contribution is -2.33. The van der Waals surface area contributed by atoms with Crippen LogP contribution in [0.25, 0.3) is 11.0 Å². The number of carbonyl (C=O) groups is 1. The molecule has 0 unspecified atom stereocenters. The molecule has 1 saturated carbocycles. The van der Waals surface area contributed by atoms with Crippen molar-refractivity contribution >= 4 is 17.0 Å². The number of halogens is 1. The first-order valence-electron chi connectivity index (χ1n) is 5.90. The fraction of sp³-hybridized carbons (Fsp3) is 0.417. The lowest BCUT2D eigenvalue weighted by molar-refractivity contribution is 0.00331. The predicted molar refractivity (Wildman–Crippen MR) is 63.5 cm³/mol. The first-order chi connectivity index (χ1) is 9.10. The topological polar surface area (TPSA) is 77.2 Å². The molecule has 0 spiro atoms. The predicted octanol–water partition coefficient (Wildman–Crippen LogP) is 1.62. The molecule has 1 N–H and O–H groups in total. The van der Waals surface area contributed by atoms with Gasteiger partial charge in [0.25, 0.3) is 0 Å². The normalized spacial score (nSPS) is 22.4. The van der Waals surface area contributed by atoms with Crippen molar-refractivity contribution in [1.82, 2.24) is 15.0 Å². The Hall–Kier alpha value is -2.02. The van der Waals surface area contributed by atoms with E-state index in [1.165, 1.54) is 6.07 Å². The first kappa shape index (κ1) is 12.0. The number of rotatable bonds is 3. The number of benzene rings is 1. The van der Waals surface area contributed by atoms with Gasteiger partial charge in [-0.15, -0.1) is 5.10 Å². The molecular weight excluding hydrogens is 253 g/mol. The zero-order chi connectivity index (χ0) is 13.6. The molecule has 7 heteroatoms. The Morgan fingerprint density at radius 1 is 1.53 bits per heavy atom. The van der Waals surface area contributed by atoms with E-state index >= 15 is 0 Å². The Labute approximate surface area is 107 Å². The quantitative estimate of drug-likeness (QED) is 0.912. The number of carboxylic acids is 1.